The highest BCUT2D eigenvalue weighted by molar-refractivity contribution is 7.98. The van der Waals surface area contributed by atoms with E-state index in [9.17, 15) is 91.4 Å². The van der Waals surface area contributed by atoms with Gasteiger partial charge in [-0.3, -0.25) is 81.5 Å². The van der Waals surface area contributed by atoms with Crippen molar-refractivity contribution in [3.05, 3.63) is 36.4 Å². The Labute approximate surface area is 587 Å². The summed E-state index contributed by atoms with van der Waals surface area (Å²) in [6, 6.07) is -18.5. The molecule has 0 unspecified atom stereocenters. The number of hydrogen-bond donors (Lipinski definition) is 18. The summed E-state index contributed by atoms with van der Waals surface area (Å²) in [6.07, 6.45) is 1.55. The first-order valence-corrected chi connectivity index (χ1v) is 34.1. The van der Waals surface area contributed by atoms with Gasteiger partial charge in [0, 0.05) is 81.9 Å². The van der Waals surface area contributed by atoms with Crippen molar-refractivity contribution in [2.45, 2.75) is 194 Å². The Bertz CT molecular complexity index is 3400. The number of aromatic amines is 2. The third kappa shape index (κ3) is 25.4. The van der Waals surface area contributed by atoms with Gasteiger partial charge in [-0.2, -0.15) is 11.8 Å². The molecule has 2 aromatic rings. The second-order valence-electron chi connectivity index (χ2n) is 24.7. The van der Waals surface area contributed by atoms with Gasteiger partial charge in [0.05, 0.1) is 31.5 Å². The number of likely N-dealkylation sites (tertiary alicyclic amines) is 3. The summed E-state index contributed by atoms with van der Waals surface area (Å²) in [6.45, 7) is -0.0740. The monoisotopic (exact) mass is 1450 g/mol. The largest absolute Gasteiger partial charge is 0.480 e. The van der Waals surface area contributed by atoms with Crippen molar-refractivity contribution in [3.63, 3.8) is 0 Å². The second-order valence-corrected chi connectivity index (χ2v) is 25.7. The standard InChI is InChI=1S/C60H90N22O19S/c1-102-20-16-36(60(100)101)76-55(95)41-6-3-18-81(41)59(99)42-7-4-19-82(42)57(97)35(11-15-46(65)86)75-54(94)38(22-30-26-69-28-71-30)78-56(96)40-5-2-17-80(40)58(98)39(24-48(67)88)79-52(92)34(10-14-45(64)85)73-50(90)32(8-12-43(62)83)72-51(91)33(9-13-44(63)84)74-53(93)37(21-29-25-68-27-70-29)77-49(89)31(61)23-47(66)87/h25-28,31-42H,2-24,61H2,1H3,(H2,62,83)(H2,63,84)(H2,64,85)(H2,65,86)(H2,66,87)(H2,67,88)(H,68,70)(H,69,71)(H,72,91)(H,73,90)(H,74,93)(H,75,94)(H,76,95)(H,77,89)(H,78,96)(H,79,92)(H,100,101)/t31-,32-,33-,34-,35-,36-,37-,38-,39-,40-,41-,42-/m0/s1. The van der Waals surface area contributed by atoms with E-state index < -0.39 is 237 Å². The maximum atomic E-state index is 14.7. The molecule has 5 rings (SSSR count). The molecule has 0 radical (unpaired) electrons. The number of rotatable bonds is 43. The summed E-state index contributed by atoms with van der Waals surface area (Å²) in [7, 11) is 0. The van der Waals surface area contributed by atoms with Gasteiger partial charge in [-0.05, 0) is 82.6 Å². The SMILES string of the molecule is CSCC[C@H](NC(=O)[C@@H]1CCCN1C(=O)[C@@H]1CCCN1C(=O)[C@H](CCC(N)=O)NC(=O)[C@H](Cc1cnc[nH]1)NC(=O)[C@@H]1CCCN1C(=O)[C@H](CC(N)=O)NC(=O)[C@H](CCC(N)=O)NC(=O)[C@H](CCC(N)=O)NC(=O)[C@H](CCC(N)=O)NC(=O)[C@H](Cc1cnc[nH]1)NC(=O)[C@@H](N)CC(N)=O)C(=O)O. The minimum atomic E-state index is -1.92. The molecule has 42 heteroatoms. The fraction of sp³-hybridized carbons (Fsp3) is 0.600. The first-order chi connectivity index (χ1) is 48.3. The Morgan fingerprint density at radius 3 is 1.22 bits per heavy atom. The molecule has 560 valence electrons. The summed E-state index contributed by atoms with van der Waals surface area (Å²) in [5, 5.41) is 29.2. The van der Waals surface area contributed by atoms with Crippen LogP contribution in [-0.2, 0) is 99.1 Å². The Hall–Kier alpha value is -10.8. The van der Waals surface area contributed by atoms with Crippen LogP contribution in [0.25, 0.3) is 0 Å². The lowest BCUT2D eigenvalue weighted by Gasteiger charge is -2.33. The molecule has 5 heterocycles. The number of thioether (sulfide) groups is 1. The van der Waals surface area contributed by atoms with Crippen molar-refractivity contribution >= 4 is 118 Å². The first-order valence-electron chi connectivity index (χ1n) is 32.7. The number of nitrogens with one attached hydrogen (secondary N) is 10. The minimum Gasteiger partial charge on any atom is -0.480 e. The number of primary amides is 6. The van der Waals surface area contributed by atoms with Crippen LogP contribution in [0.3, 0.4) is 0 Å². The lowest BCUT2D eigenvalue weighted by atomic mass is 10.0. The van der Waals surface area contributed by atoms with Crippen molar-refractivity contribution in [1.82, 2.24) is 77.2 Å². The number of carbonyl (C=O) groups excluding carboxylic acids is 17. The quantitative estimate of drug-likeness (QED) is 0.0293. The Balaban J connectivity index is 1.35. The molecule has 0 bridgehead atoms. The summed E-state index contributed by atoms with van der Waals surface area (Å²) >= 11 is 1.39. The number of carbonyl (C=O) groups is 18. The van der Waals surface area contributed by atoms with Gasteiger partial charge in [-0.25, -0.2) is 14.8 Å². The van der Waals surface area contributed by atoms with Crippen LogP contribution in [0, 0.1) is 0 Å². The molecule has 0 aromatic carbocycles. The second kappa shape index (κ2) is 39.8. The first kappa shape index (κ1) is 81.9. The molecule has 3 fully saturated rings. The Morgan fingerprint density at radius 2 is 0.804 bits per heavy atom. The molecule has 0 saturated carbocycles. The molecular weight excluding hydrogens is 1360 g/mol. The van der Waals surface area contributed by atoms with Gasteiger partial charge in [-0.1, -0.05) is 0 Å². The lowest BCUT2D eigenvalue weighted by Crippen LogP contribution is -2.61. The van der Waals surface area contributed by atoms with E-state index in [4.69, 9.17) is 40.1 Å². The number of carboxylic acids is 1. The maximum Gasteiger partial charge on any atom is 0.326 e. The number of aliphatic carboxylic acids is 1. The van der Waals surface area contributed by atoms with Gasteiger partial charge >= 0.3 is 5.97 Å². The highest BCUT2D eigenvalue weighted by Gasteiger charge is 2.46. The van der Waals surface area contributed by atoms with Crippen molar-refractivity contribution in [2.75, 3.05) is 31.6 Å². The van der Waals surface area contributed by atoms with E-state index in [1.165, 1.54) is 46.6 Å². The third-order valence-corrected chi connectivity index (χ3v) is 17.6. The van der Waals surface area contributed by atoms with Crippen LogP contribution >= 0.6 is 11.8 Å². The van der Waals surface area contributed by atoms with E-state index in [-0.39, 0.29) is 82.4 Å². The normalized spacial score (nSPS) is 18.2. The fourth-order valence-corrected chi connectivity index (χ4v) is 12.2. The molecule has 102 heavy (non-hydrogen) atoms. The number of hydrogen-bond acceptors (Lipinski definition) is 22. The zero-order valence-electron chi connectivity index (χ0n) is 56.0. The molecule has 0 spiro atoms. The van der Waals surface area contributed by atoms with Gasteiger partial charge in [0.2, 0.25) is 100 Å². The molecule has 17 amide bonds. The van der Waals surface area contributed by atoms with Gasteiger partial charge in [0.1, 0.15) is 66.5 Å². The highest BCUT2D eigenvalue weighted by Crippen LogP contribution is 2.27. The number of H-pyrrole nitrogens is 2. The van der Waals surface area contributed by atoms with Gasteiger partial charge in [0.15, 0.2) is 0 Å². The molecule has 3 aliphatic rings. The van der Waals surface area contributed by atoms with Crippen molar-refractivity contribution in [1.29, 1.82) is 0 Å². The summed E-state index contributed by atoms with van der Waals surface area (Å²) in [5.74, 6) is -17.7. The predicted octanol–water partition coefficient (Wildman–Crippen LogP) is -9.25. The number of nitrogens with zero attached hydrogens (tertiary/aromatic N) is 5. The fourth-order valence-electron chi connectivity index (χ4n) is 11.7. The van der Waals surface area contributed by atoms with Crippen molar-refractivity contribution in [2.24, 2.45) is 40.1 Å². The molecule has 41 nitrogen and oxygen atoms in total. The van der Waals surface area contributed by atoms with Crippen LogP contribution in [0.5, 0.6) is 0 Å². The topological polar surface area (TPSA) is 673 Å². The lowest BCUT2D eigenvalue weighted by molar-refractivity contribution is -0.149. The van der Waals surface area contributed by atoms with Crippen LogP contribution in [0.2, 0.25) is 0 Å². The zero-order chi connectivity index (χ0) is 75.5. The van der Waals surface area contributed by atoms with Crippen LogP contribution in [0.1, 0.15) is 121 Å². The molecule has 3 saturated heterocycles. The molecule has 12 atom stereocenters. The summed E-state index contributed by atoms with van der Waals surface area (Å²) in [5.41, 5.74) is 38.9. The van der Waals surface area contributed by atoms with Crippen LogP contribution in [-0.4, -0.2) is 250 Å². The van der Waals surface area contributed by atoms with Crippen molar-refractivity contribution in [3.8, 4) is 0 Å². The number of carboxylic acid groups (broad SMARTS) is 1. The van der Waals surface area contributed by atoms with E-state index in [2.05, 4.69) is 62.5 Å². The highest BCUT2D eigenvalue weighted by atomic mass is 32.2. The van der Waals surface area contributed by atoms with Gasteiger partial charge in [-0.15, -0.1) is 0 Å². The van der Waals surface area contributed by atoms with Gasteiger partial charge in [0.25, 0.3) is 0 Å². The maximum absolute atomic E-state index is 14.7. The van der Waals surface area contributed by atoms with Crippen LogP contribution in [0.15, 0.2) is 25.0 Å². The number of amides is 17. The smallest absolute Gasteiger partial charge is 0.326 e. The predicted molar refractivity (Wildman–Crippen MR) is 354 cm³/mol. The molecule has 0 aliphatic carbocycles. The van der Waals surface area contributed by atoms with E-state index in [0.29, 0.717) is 18.6 Å². The third-order valence-electron chi connectivity index (χ3n) is 17.0. The van der Waals surface area contributed by atoms with Crippen LogP contribution < -0.4 is 82.7 Å². The average molecular weight is 1460 g/mol. The van der Waals surface area contributed by atoms with E-state index in [0.717, 1.165) is 4.90 Å². The molecule has 2 aromatic heterocycles. The van der Waals surface area contributed by atoms with E-state index >= 15 is 0 Å². The molecule has 25 N–H and O–H groups in total. The summed E-state index contributed by atoms with van der Waals surface area (Å²) < 4.78 is 0. The summed E-state index contributed by atoms with van der Waals surface area (Å²) in [4.78, 5) is 258. The zero-order valence-corrected chi connectivity index (χ0v) is 56.8. The number of imidazole rings is 2. The van der Waals surface area contributed by atoms with E-state index in [1.54, 1.807) is 6.26 Å². The molecular formula is C60H90N22O19S. The Kier molecular flexibility index (Phi) is 32.0. The van der Waals surface area contributed by atoms with Crippen molar-refractivity contribution < 1.29 is 91.4 Å². The molecule has 3 aliphatic heterocycles. The minimum absolute atomic E-state index is 0.00550. The van der Waals surface area contributed by atoms with Crippen LogP contribution in [0.4, 0.5) is 0 Å². The average Bonchev–Trinajstić information content (AvgIpc) is 1.63. The Morgan fingerprint density at radius 1 is 0.451 bits per heavy atom. The number of nitrogens with two attached hydrogens (primary N) is 7. The number of aromatic nitrogens is 4. The van der Waals surface area contributed by atoms with Gasteiger partial charge < -0.3 is 112 Å². The van der Waals surface area contributed by atoms with E-state index in [1.807, 2.05) is 0 Å².